The highest BCUT2D eigenvalue weighted by Crippen LogP contribution is 2.47. The Labute approximate surface area is 187 Å². The molecule has 0 aromatic rings. The van der Waals surface area contributed by atoms with Crippen LogP contribution in [0, 0.1) is 0 Å². The fourth-order valence-corrected chi connectivity index (χ4v) is 4.20. The number of ether oxygens (including phenoxy) is 2. The third-order valence-corrected chi connectivity index (χ3v) is 5.93. The number of phosphoric ester groups is 1. The Hall–Kier alpha value is -1.27. The normalized spacial score (nSPS) is 41.1. The summed E-state index contributed by atoms with van der Waals surface area (Å²) in [5, 5.41) is 63.9. The Balaban J connectivity index is 2.05. The lowest BCUT2D eigenvalue weighted by Crippen LogP contribution is -2.64. The van der Waals surface area contributed by atoms with Crippen molar-refractivity contribution in [2.24, 2.45) is 0 Å². The molecule has 2 aliphatic heterocycles. The molecule has 33 heavy (non-hydrogen) atoms. The summed E-state index contributed by atoms with van der Waals surface area (Å²) in [5.74, 6) is -1.32. The van der Waals surface area contributed by atoms with Crippen LogP contribution in [0.2, 0.25) is 0 Å². The summed E-state index contributed by atoms with van der Waals surface area (Å²) in [6.45, 7) is 0.492. The van der Waals surface area contributed by atoms with Crippen molar-refractivity contribution in [3.05, 3.63) is 0 Å². The lowest BCUT2D eigenvalue weighted by atomic mass is 9.97. The van der Waals surface area contributed by atoms with Gasteiger partial charge in [0.25, 0.3) is 0 Å². The van der Waals surface area contributed by atoms with E-state index in [1.165, 1.54) is 0 Å². The number of hydrogen-bond acceptors (Lipinski definition) is 13. The van der Waals surface area contributed by atoms with E-state index in [1.807, 2.05) is 0 Å². The third-order valence-electron chi connectivity index (χ3n) is 4.98. The number of amides is 2. The molecule has 2 saturated heterocycles. The number of rotatable bonds is 8. The van der Waals surface area contributed by atoms with Crippen LogP contribution in [0.25, 0.3) is 0 Å². The maximum atomic E-state index is 12.4. The summed E-state index contributed by atoms with van der Waals surface area (Å²) in [5.41, 5.74) is 0. The lowest BCUT2D eigenvalue weighted by Gasteiger charge is -2.42. The second-order valence-electron chi connectivity index (χ2n) is 7.58. The summed E-state index contributed by atoms with van der Waals surface area (Å²) < 4.78 is 32.2. The molecule has 192 valence electrons. The highest BCUT2D eigenvalue weighted by molar-refractivity contribution is 7.47. The van der Waals surface area contributed by atoms with Gasteiger partial charge in [0.2, 0.25) is 11.8 Å². The molecular formula is C16H29N2O14P. The van der Waals surface area contributed by atoms with Gasteiger partial charge in [-0.25, -0.2) is 4.57 Å². The van der Waals surface area contributed by atoms with Crippen molar-refractivity contribution in [2.75, 3.05) is 13.2 Å². The second-order valence-corrected chi connectivity index (χ2v) is 8.98. The first-order valence-electron chi connectivity index (χ1n) is 9.79. The van der Waals surface area contributed by atoms with Crippen LogP contribution in [-0.4, -0.2) is 122 Å². The molecule has 2 fully saturated rings. The molecule has 0 bridgehead atoms. The van der Waals surface area contributed by atoms with Gasteiger partial charge in [0.05, 0.1) is 13.2 Å². The van der Waals surface area contributed by atoms with Crippen molar-refractivity contribution in [3.63, 3.8) is 0 Å². The first-order valence-corrected chi connectivity index (χ1v) is 11.3. The maximum absolute atomic E-state index is 12.4. The average Bonchev–Trinajstić information content (AvgIpc) is 2.71. The molecule has 0 aromatic heterocycles. The molecule has 17 heteroatoms. The largest absolute Gasteiger partial charge is 0.474 e. The topological polar surface area (TPSA) is 254 Å². The quantitative estimate of drug-likeness (QED) is 0.140. The second kappa shape index (κ2) is 11.4. The number of carbonyl (C=O) groups is 2. The van der Waals surface area contributed by atoms with E-state index in [2.05, 4.69) is 10.6 Å². The van der Waals surface area contributed by atoms with E-state index in [0.29, 0.717) is 0 Å². The fourth-order valence-electron chi connectivity index (χ4n) is 3.36. The van der Waals surface area contributed by atoms with Gasteiger partial charge in [0, 0.05) is 13.8 Å². The third kappa shape index (κ3) is 7.11. The zero-order chi connectivity index (χ0) is 25.1. The predicted molar refractivity (Wildman–Crippen MR) is 103 cm³/mol. The van der Waals surface area contributed by atoms with Crippen LogP contribution in [0.3, 0.4) is 0 Å². The van der Waals surface area contributed by atoms with Gasteiger partial charge in [-0.15, -0.1) is 0 Å². The zero-order valence-electron chi connectivity index (χ0n) is 17.6. The van der Waals surface area contributed by atoms with Gasteiger partial charge >= 0.3 is 7.82 Å². The minimum atomic E-state index is -5.07. The fraction of sp³-hybridized carbons (Fsp3) is 0.875. The van der Waals surface area contributed by atoms with Crippen LogP contribution in [0.5, 0.6) is 0 Å². The number of carbonyl (C=O) groups excluding carboxylic acids is 2. The molecule has 1 unspecified atom stereocenters. The number of aliphatic hydroxyl groups is 6. The predicted octanol–water partition coefficient (Wildman–Crippen LogP) is -4.99. The van der Waals surface area contributed by atoms with Gasteiger partial charge in [0.1, 0.15) is 48.7 Å². The summed E-state index contributed by atoms with van der Waals surface area (Å²) in [4.78, 5) is 32.6. The van der Waals surface area contributed by atoms with Gasteiger partial charge in [-0.2, -0.15) is 0 Å². The van der Waals surface area contributed by atoms with Crippen molar-refractivity contribution >= 4 is 19.6 Å². The van der Waals surface area contributed by atoms with Gasteiger partial charge in [-0.05, 0) is 0 Å². The Kier molecular flexibility index (Phi) is 9.70. The van der Waals surface area contributed by atoms with Crippen LogP contribution >= 0.6 is 7.82 Å². The SMILES string of the molecule is CC(=O)N[C@@H]1[C@@H](O)[C@H](O)[C@@H](COP(=O)(O)O[C@H]2O[C@H](CO)[C@@H](O)[C@H](O)[C@H]2NC(C)=O)O[C@@H]1O. The first-order chi connectivity index (χ1) is 15.3. The molecule has 2 heterocycles. The van der Waals surface area contributed by atoms with Crippen molar-refractivity contribution in [1.82, 2.24) is 10.6 Å². The van der Waals surface area contributed by atoms with Crippen molar-refractivity contribution in [1.29, 1.82) is 0 Å². The smallest absolute Gasteiger partial charge is 0.394 e. The molecule has 16 nitrogen and oxygen atoms in total. The first kappa shape index (κ1) is 28.0. The van der Waals surface area contributed by atoms with Crippen LogP contribution in [0.1, 0.15) is 13.8 Å². The van der Waals surface area contributed by atoms with E-state index in [1.54, 1.807) is 0 Å². The number of hydrogen-bond donors (Lipinski definition) is 9. The summed E-state index contributed by atoms with van der Waals surface area (Å²) in [6.07, 6.45) is -13.4. The Bertz CT molecular complexity index is 742. The number of nitrogens with one attached hydrogen (secondary N) is 2. The van der Waals surface area contributed by atoms with E-state index in [0.717, 1.165) is 13.8 Å². The van der Waals surface area contributed by atoms with Gasteiger partial charge in [-0.3, -0.25) is 18.6 Å². The maximum Gasteiger partial charge on any atom is 0.474 e. The molecule has 0 saturated carbocycles. The van der Waals surface area contributed by atoms with Crippen molar-refractivity contribution in [3.8, 4) is 0 Å². The Morgan fingerprint density at radius 2 is 1.39 bits per heavy atom. The minimum absolute atomic E-state index is 0.619. The summed E-state index contributed by atoms with van der Waals surface area (Å²) in [7, 11) is -5.07. The molecule has 2 amide bonds. The van der Waals surface area contributed by atoms with E-state index < -0.39 is 94.1 Å². The lowest BCUT2D eigenvalue weighted by molar-refractivity contribution is -0.257. The molecule has 2 aliphatic rings. The zero-order valence-corrected chi connectivity index (χ0v) is 18.5. The van der Waals surface area contributed by atoms with E-state index in [-0.39, 0.29) is 0 Å². The van der Waals surface area contributed by atoms with Crippen LogP contribution in [0.15, 0.2) is 0 Å². The summed E-state index contributed by atoms with van der Waals surface area (Å²) in [6, 6.07) is -2.90. The monoisotopic (exact) mass is 504 g/mol. The highest BCUT2D eigenvalue weighted by atomic mass is 31.2. The van der Waals surface area contributed by atoms with Crippen LogP contribution in [-0.2, 0) is 32.7 Å². The van der Waals surface area contributed by atoms with Gasteiger partial charge in [0.15, 0.2) is 12.6 Å². The molecule has 0 aliphatic carbocycles. The highest BCUT2D eigenvalue weighted by Gasteiger charge is 2.49. The van der Waals surface area contributed by atoms with Crippen LogP contribution < -0.4 is 10.6 Å². The van der Waals surface area contributed by atoms with E-state index >= 15 is 0 Å². The van der Waals surface area contributed by atoms with Crippen molar-refractivity contribution in [2.45, 2.75) is 75.1 Å². The molecule has 9 N–H and O–H groups in total. The Morgan fingerprint density at radius 3 is 1.94 bits per heavy atom. The van der Waals surface area contributed by atoms with Gasteiger partial charge in [-0.1, -0.05) is 0 Å². The van der Waals surface area contributed by atoms with Crippen LogP contribution in [0.4, 0.5) is 0 Å². The van der Waals surface area contributed by atoms with E-state index in [9.17, 15) is 49.7 Å². The number of aliphatic hydroxyl groups excluding tert-OH is 6. The molecule has 2 rings (SSSR count). The van der Waals surface area contributed by atoms with E-state index in [4.69, 9.17) is 18.5 Å². The molecule has 0 spiro atoms. The number of phosphoric acid groups is 1. The van der Waals surface area contributed by atoms with Crippen molar-refractivity contribution < 1.29 is 68.2 Å². The molecule has 0 aromatic carbocycles. The molecule has 11 atom stereocenters. The Morgan fingerprint density at radius 1 is 0.879 bits per heavy atom. The van der Waals surface area contributed by atoms with Gasteiger partial charge < -0.3 is 55.6 Å². The molecular weight excluding hydrogens is 475 g/mol. The average molecular weight is 504 g/mol. The summed E-state index contributed by atoms with van der Waals surface area (Å²) >= 11 is 0. The molecule has 0 radical (unpaired) electrons. The standard InChI is InChI=1S/C16H29N2O14P/c1-5(20)17-9-13(24)12(23)8(30-15(9)26)4-29-33(27,28)32-16-10(18-6(2)21)14(25)11(22)7(3-19)31-16/h7-16,19,22-26H,3-4H2,1-2H3,(H,17,20)(H,18,21)(H,27,28)/t7-,8-,9-,10-,11-,12-,13-,14-,15+,16-/m1/s1. The minimum Gasteiger partial charge on any atom is -0.394 e.